The van der Waals surface area contributed by atoms with Crippen LogP contribution in [0.1, 0.15) is 69.2 Å². The Morgan fingerprint density at radius 1 is 1.05 bits per heavy atom. The Bertz CT molecular complexity index is 1110. The van der Waals surface area contributed by atoms with Crippen LogP contribution in [0.5, 0.6) is 0 Å². The van der Waals surface area contributed by atoms with Crippen LogP contribution < -0.4 is 5.73 Å². The number of nitrogens with zero attached hydrogens (tertiary/aromatic N) is 5. The van der Waals surface area contributed by atoms with Crippen molar-refractivity contribution >= 4 is 5.82 Å². The number of aryl methyl sites for hydroxylation is 1. The minimum absolute atomic E-state index is 0.371. The van der Waals surface area contributed by atoms with E-state index >= 15 is 0 Å². The van der Waals surface area contributed by atoms with E-state index in [1.807, 2.05) is 6.20 Å². The fraction of sp³-hybridized carbons (Fsp3) is 0.714. The Hall–Kier alpha value is -2.13. The van der Waals surface area contributed by atoms with Gasteiger partial charge in [-0.1, -0.05) is 12.8 Å². The van der Waals surface area contributed by atoms with Gasteiger partial charge in [-0.2, -0.15) is 13.2 Å². The van der Waals surface area contributed by atoms with Gasteiger partial charge in [-0.3, -0.25) is 4.90 Å². The zero-order valence-electron chi connectivity index (χ0n) is 21.9. The highest BCUT2D eigenvalue weighted by Crippen LogP contribution is 2.71. The molecule has 4 aliphatic carbocycles. The minimum atomic E-state index is -4.53. The Balaban J connectivity index is 1.02. The first-order valence-electron chi connectivity index (χ1n) is 14.0. The first-order chi connectivity index (χ1) is 17.6. The maximum atomic E-state index is 13.3. The number of imidazole rings is 1. The number of nitrogens with two attached hydrogens (primary N) is 1. The molecule has 4 saturated carbocycles. The van der Waals surface area contributed by atoms with Crippen molar-refractivity contribution in [2.75, 3.05) is 39.0 Å². The molecule has 9 heteroatoms. The summed E-state index contributed by atoms with van der Waals surface area (Å²) in [7, 11) is 2.22. The second-order valence-electron chi connectivity index (χ2n) is 12.4. The lowest BCUT2D eigenvalue weighted by Gasteiger charge is -2.75. The van der Waals surface area contributed by atoms with Gasteiger partial charge >= 0.3 is 6.18 Å². The van der Waals surface area contributed by atoms with Gasteiger partial charge in [-0.15, -0.1) is 0 Å². The number of unbranched alkanes of at least 4 members (excludes halogenated alkanes) is 2. The zero-order valence-corrected chi connectivity index (χ0v) is 21.9. The van der Waals surface area contributed by atoms with Crippen molar-refractivity contribution in [3.8, 4) is 11.3 Å². The summed E-state index contributed by atoms with van der Waals surface area (Å²) in [6, 6.07) is 1.08. The molecule has 0 atom stereocenters. The number of nitrogen functional groups attached to an aromatic ring is 1. The van der Waals surface area contributed by atoms with Crippen molar-refractivity contribution in [1.29, 1.82) is 0 Å². The van der Waals surface area contributed by atoms with E-state index in [2.05, 4.69) is 26.4 Å². The molecule has 3 heterocycles. The normalized spacial score (nSPS) is 28.2. The van der Waals surface area contributed by atoms with Gasteiger partial charge in [-0.25, -0.2) is 9.97 Å². The average molecular weight is 517 g/mol. The molecule has 37 heavy (non-hydrogen) atoms. The largest absolute Gasteiger partial charge is 0.419 e. The van der Waals surface area contributed by atoms with Gasteiger partial charge in [-0.05, 0) is 69.4 Å². The van der Waals surface area contributed by atoms with Crippen LogP contribution in [0, 0.1) is 11.3 Å². The van der Waals surface area contributed by atoms with Gasteiger partial charge in [0.2, 0.25) is 0 Å². The first kappa shape index (κ1) is 25.2. The third-order valence-corrected chi connectivity index (χ3v) is 9.44. The summed E-state index contributed by atoms with van der Waals surface area (Å²) in [6.07, 6.45) is 11.1. The standard InChI is InChI=1S/C28H39F3N6/c1-35-9-11-37(12-10-35)27-17-26(18-27,19-27)7-3-2-4-8-36-16-23(34-24(36)13-20-5-6-20)21-14-22(28(29,30)31)25(32)33-15-21/h14-16,20H,2-13,17-19H2,1H3,(H2,32,33). The summed E-state index contributed by atoms with van der Waals surface area (Å²) in [4.78, 5) is 13.7. The molecular weight excluding hydrogens is 477 g/mol. The fourth-order valence-corrected chi connectivity index (χ4v) is 7.15. The van der Waals surface area contributed by atoms with Crippen LogP contribution in [-0.2, 0) is 19.1 Å². The van der Waals surface area contributed by atoms with E-state index in [-0.39, 0.29) is 0 Å². The Morgan fingerprint density at radius 3 is 2.46 bits per heavy atom. The highest BCUT2D eigenvalue weighted by molar-refractivity contribution is 5.62. The van der Waals surface area contributed by atoms with E-state index in [4.69, 9.17) is 10.7 Å². The molecule has 2 bridgehead atoms. The predicted octanol–water partition coefficient (Wildman–Crippen LogP) is 5.23. The molecule has 7 rings (SSSR count). The number of likely N-dealkylation sites (N-methyl/N-ethyl adjacent to an activating group) is 1. The van der Waals surface area contributed by atoms with Crippen LogP contribution >= 0.6 is 0 Å². The molecule has 202 valence electrons. The third-order valence-electron chi connectivity index (χ3n) is 9.44. The monoisotopic (exact) mass is 516 g/mol. The van der Waals surface area contributed by atoms with Gasteiger partial charge in [0.1, 0.15) is 11.6 Å². The summed E-state index contributed by atoms with van der Waals surface area (Å²) >= 11 is 0. The summed E-state index contributed by atoms with van der Waals surface area (Å²) < 4.78 is 42.2. The number of hydrogen-bond donors (Lipinski definition) is 1. The van der Waals surface area contributed by atoms with Crippen molar-refractivity contribution in [1.82, 2.24) is 24.3 Å². The number of rotatable bonds is 10. The van der Waals surface area contributed by atoms with Crippen LogP contribution in [0.2, 0.25) is 0 Å². The van der Waals surface area contributed by atoms with E-state index in [9.17, 15) is 13.2 Å². The molecule has 1 saturated heterocycles. The lowest BCUT2D eigenvalue weighted by molar-refractivity contribution is -0.229. The Kier molecular flexibility index (Phi) is 6.30. The van der Waals surface area contributed by atoms with Gasteiger partial charge in [0, 0.05) is 62.6 Å². The maximum absolute atomic E-state index is 13.3. The van der Waals surface area contributed by atoms with E-state index in [1.54, 1.807) is 0 Å². The summed E-state index contributed by atoms with van der Waals surface area (Å²) in [5, 5.41) is 0. The Morgan fingerprint density at radius 2 is 1.78 bits per heavy atom. The maximum Gasteiger partial charge on any atom is 0.419 e. The molecule has 5 aliphatic rings. The molecule has 2 N–H and O–H groups in total. The van der Waals surface area contributed by atoms with Crippen molar-refractivity contribution in [2.45, 2.75) is 82.5 Å². The van der Waals surface area contributed by atoms with Gasteiger partial charge in [0.05, 0.1) is 11.3 Å². The first-order valence-corrected chi connectivity index (χ1v) is 14.0. The number of halogens is 3. The van der Waals surface area contributed by atoms with Crippen molar-refractivity contribution < 1.29 is 13.2 Å². The lowest BCUT2D eigenvalue weighted by atomic mass is 9.37. The molecule has 6 nitrogen and oxygen atoms in total. The van der Waals surface area contributed by atoms with Crippen molar-refractivity contribution in [3.05, 3.63) is 29.8 Å². The van der Waals surface area contributed by atoms with Crippen LogP contribution in [-0.4, -0.2) is 63.1 Å². The molecule has 0 unspecified atom stereocenters. The van der Waals surface area contributed by atoms with E-state index in [1.165, 1.54) is 83.7 Å². The lowest BCUT2D eigenvalue weighted by Crippen LogP contribution is -2.76. The summed E-state index contributed by atoms with van der Waals surface area (Å²) in [6.45, 7) is 5.72. The smallest absolute Gasteiger partial charge is 0.383 e. The molecular formula is C28H39F3N6. The second kappa shape index (κ2) is 9.26. The van der Waals surface area contributed by atoms with E-state index in [0.29, 0.717) is 28.1 Å². The molecule has 0 aromatic carbocycles. The van der Waals surface area contributed by atoms with Crippen molar-refractivity contribution in [2.24, 2.45) is 11.3 Å². The molecule has 0 spiro atoms. The highest BCUT2D eigenvalue weighted by Gasteiger charge is 2.69. The van der Waals surface area contributed by atoms with Gasteiger partial charge in [0.15, 0.2) is 0 Å². The van der Waals surface area contributed by atoms with E-state index in [0.717, 1.165) is 31.3 Å². The summed E-state index contributed by atoms with van der Waals surface area (Å²) in [5.74, 6) is 1.14. The van der Waals surface area contributed by atoms with Crippen molar-refractivity contribution in [3.63, 3.8) is 0 Å². The number of alkyl halides is 3. The quantitative estimate of drug-likeness (QED) is 0.438. The van der Waals surface area contributed by atoms with E-state index < -0.39 is 17.6 Å². The third kappa shape index (κ3) is 5.01. The Labute approximate surface area is 217 Å². The second-order valence-corrected chi connectivity index (χ2v) is 12.4. The number of piperazine rings is 1. The van der Waals surface area contributed by atoms with Crippen LogP contribution in [0.15, 0.2) is 18.5 Å². The molecule has 2 aromatic heterocycles. The summed E-state index contributed by atoms with van der Waals surface area (Å²) in [5.41, 5.74) is 6.67. The molecule has 5 fully saturated rings. The fourth-order valence-electron chi connectivity index (χ4n) is 7.15. The molecule has 1 aliphatic heterocycles. The topological polar surface area (TPSA) is 63.2 Å². The number of hydrogen-bond acceptors (Lipinski definition) is 5. The number of pyridine rings is 1. The van der Waals surface area contributed by atoms with Gasteiger partial charge in [0.25, 0.3) is 0 Å². The van der Waals surface area contributed by atoms with Crippen LogP contribution in [0.3, 0.4) is 0 Å². The molecule has 0 radical (unpaired) electrons. The SMILES string of the molecule is CN1CCN(C23CC(CCCCCn4cc(-c5cnc(N)c(C(F)(F)F)c5)nc4CC4CC4)(C2)C3)CC1. The molecule has 0 amide bonds. The van der Waals surface area contributed by atoms with Crippen LogP contribution in [0.4, 0.5) is 19.0 Å². The van der Waals surface area contributed by atoms with Crippen LogP contribution in [0.25, 0.3) is 11.3 Å². The minimum Gasteiger partial charge on any atom is -0.383 e. The molecule has 2 aromatic rings. The zero-order chi connectivity index (χ0) is 25.8. The average Bonchev–Trinajstić information content (AvgIpc) is 3.53. The number of anilines is 1. The highest BCUT2D eigenvalue weighted by atomic mass is 19.4. The van der Waals surface area contributed by atoms with Gasteiger partial charge < -0.3 is 15.2 Å². The number of aromatic nitrogens is 3. The predicted molar refractivity (Wildman–Crippen MR) is 138 cm³/mol.